The van der Waals surface area contributed by atoms with Gasteiger partial charge in [0.05, 0.1) is 7.11 Å². The highest BCUT2D eigenvalue weighted by Crippen LogP contribution is 2.46. The van der Waals surface area contributed by atoms with Crippen molar-refractivity contribution in [1.29, 1.82) is 0 Å². The van der Waals surface area contributed by atoms with E-state index in [1.165, 1.54) is 38.7 Å². The molecular formula is C26H24N2O. The van der Waals surface area contributed by atoms with Crippen LogP contribution in [0.3, 0.4) is 0 Å². The molecule has 0 saturated carbocycles. The first kappa shape index (κ1) is 16.9. The fourth-order valence-electron chi connectivity index (χ4n) is 5.43. The van der Waals surface area contributed by atoms with Crippen LogP contribution in [0.15, 0.2) is 72.9 Å². The van der Waals surface area contributed by atoms with E-state index in [4.69, 9.17) is 4.74 Å². The molecule has 2 atom stereocenters. The van der Waals surface area contributed by atoms with Gasteiger partial charge in [-0.1, -0.05) is 48.5 Å². The Bertz CT molecular complexity index is 1190. The molecule has 1 N–H and O–H groups in total. The topological polar surface area (TPSA) is 28.3 Å². The maximum absolute atomic E-state index is 5.34. The van der Waals surface area contributed by atoms with Crippen LogP contribution in [0.4, 0.5) is 0 Å². The molecule has 1 aromatic heterocycles. The van der Waals surface area contributed by atoms with Gasteiger partial charge in [-0.25, -0.2) is 0 Å². The van der Waals surface area contributed by atoms with Gasteiger partial charge in [0, 0.05) is 42.1 Å². The molecule has 0 saturated heterocycles. The van der Waals surface area contributed by atoms with E-state index < -0.39 is 0 Å². The first-order chi connectivity index (χ1) is 14.3. The van der Waals surface area contributed by atoms with E-state index in [1.54, 1.807) is 7.11 Å². The standard InChI is InChI=1S/C26H24N2O/c1-29-20-11-9-17(10-12-20)15-28-16-18-5-2-3-6-21(18)26-22-7-4-8-23-25(22)19(14-27-23)13-24(26)28/h2-12,14,24,26-27H,13,15-16H2,1H3/t24-,26-/m1/s1. The Morgan fingerprint density at radius 2 is 1.76 bits per heavy atom. The van der Waals surface area contributed by atoms with Crippen LogP contribution in [0.1, 0.15) is 33.7 Å². The Balaban J connectivity index is 1.46. The number of nitrogens with one attached hydrogen (secondary N) is 1. The molecule has 1 aliphatic carbocycles. The summed E-state index contributed by atoms with van der Waals surface area (Å²) in [7, 11) is 1.72. The molecule has 2 heterocycles. The highest BCUT2D eigenvalue weighted by Gasteiger charge is 2.40. The summed E-state index contributed by atoms with van der Waals surface area (Å²) in [6.45, 7) is 1.95. The summed E-state index contributed by atoms with van der Waals surface area (Å²) in [6.07, 6.45) is 3.31. The molecule has 29 heavy (non-hydrogen) atoms. The summed E-state index contributed by atoms with van der Waals surface area (Å²) in [4.78, 5) is 6.17. The van der Waals surface area contributed by atoms with Crippen LogP contribution < -0.4 is 4.74 Å². The second-order valence-electron chi connectivity index (χ2n) is 8.28. The largest absolute Gasteiger partial charge is 0.497 e. The van der Waals surface area contributed by atoms with Gasteiger partial charge in [-0.05, 0) is 52.4 Å². The van der Waals surface area contributed by atoms with Crippen molar-refractivity contribution in [1.82, 2.24) is 9.88 Å². The lowest BCUT2D eigenvalue weighted by Gasteiger charge is -2.45. The molecule has 3 aromatic carbocycles. The lowest BCUT2D eigenvalue weighted by molar-refractivity contribution is 0.144. The summed E-state index contributed by atoms with van der Waals surface area (Å²) in [5.74, 6) is 1.34. The molecule has 2 aliphatic rings. The quantitative estimate of drug-likeness (QED) is 0.526. The van der Waals surface area contributed by atoms with E-state index in [-0.39, 0.29) is 0 Å². The third-order valence-electron chi connectivity index (χ3n) is 6.75. The van der Waals surface area contributed by atoms with Crippen LogP contribution in [0.25, 0.3) is 10.9 Å². The number of H-pyrrole nitrogens is 1. The van der Waals surface area contributed by atoms with Gasteiger partial charge in [0.25, 0.3) is 0 Å². The zero-order valence-electron chi connectivity index (χ0n) is 16.6. The van der Waals surface area contributed by atoms with Crippen molar-refractivity contribution in [3.63, 3.8) is 0 Å². The monoisotopic (exact) mass is 380 g/mol. The normalized spacial score (nSPS) is 20.3. The van der Waals surface area contributed by atoms with E-state index in [2.05, 4.69) is 82.8 Å². The number of methoxy groups -OCH3 is 1. The van der Waals surface area contributed by atoms with Gasteiger partial charge < -0.3 is 9.72 Å². The molecule has 0 spiro atoms. The van der Waals surface area contributed by atoms with Gasteiger partial charge in [0.2, 0.25) is 0 Å². The lowest BCUT2D eigenvalue weighted by Crippen LogP contribution is -2.45. The minimum Gasteiger partial charge on any atom is -0.497 e. The summed E-state index contributed by atoms with van der Waals surface area (Å²) in [5.41, 5.74) is 8.49. The highest BCUT2D eigenvalue weighted by atomic mass is 16.5. The second kappa shape index (κ2) is 6.50. The van der Waals surface area contributed by atoms with Gasteiger partial charge in [-0.3, -0.25) is 4.90 Å². The number of nitrogens with zero attached hydrogens (tertiary/aromatic N) is 1. The average Bonchev–Trinajstić information content (AvgIpc) is 3.19. The minimum atomic E-state index is 0.421. The Labute approximate surface area is 170 Å². The highest BCUT2D eigenvalue weighted by molar-refractivity contribution is 5.89. The number of hydrogen-bond acceptors (Lipinski definition) is 2. The van der Waals surface area contributed by atoms with E-state index in [0.29, 0.717) is 12.0 Å². The summed E-state index contributed by atoms with van der Waals surface area (Å²) < 4.78 is 5.34. The van der Waals surface area contributed by atoms with Crippen molar-refractivity contribution < 1.29 is 4.74 Å². The molecule has 144 valence electrons. The van der Waals surface area contributed by atoms with E-state index in [0.717, 1.165) is 25.3 Å². The number of aromatic amines is 1. The predicted octanol–water partition coefficient (Wildman–Crippen LogP) is 5.25. The van der Waals surface area contributed by atoms with Gasteiger partial charge in [0.1, 0.15) is 5.75 Å². The molecule has 3 heteroatoms. The fraction of sp³-hybridized carbons (Fsp3) is 0.231. The smallest absolute Gasteiger partial charge is 0.118 e. The van der Waals surface area contributed by atoms with E-state index >= 15 is 0 Å². The summed E-state index contributed by atoms with van der Waals surface area (Å²) in [6, 6.07) is 24.8. The van der Waals surface area contributed by atoms with Crippen LogP contribution in [0.2, 0.25) is 0 Å². The minimum absolute atomic E-state index is 0.421. The number of ether oxygens (including phenoxy) is 1. The Morgan fingerprint density at radius 1 is 0.931 bits per heavy atom. The Hall–Kier alpha value is -3.04. The molecule has 4 aromatic rings. The van der Waals surface area contributed by atoms with Crippen LogP contribution in [0.5, 0.6) is 5.75 Å². The number of rotatable bonds is 3. The van der Waals surface area contributed by atoms with Crippen LogP contribution in [-0.4, -0.2) is 23.0 Å². The first-order valence-electron chi connectivity index (χ1n) is 10.4. The van der Waals surface area contributed by atoms with Crippen molar-refractivity contribution >= 4 is 10.9 Å². The molecule has 0 bridgehead atoms. The van der Waals surface area contributed by atoms with Crippen LogP contribution >= 0.6 is 0 Å². The Kier molecular flexibility index (Phi) is 3.78. The van der Waals surface area contributed by atoms with Gasteiger partial charge in [-0.2, -0.15) is 0 Å². The molecule has 0 unspecified atom stereocenters. The van der Waals surface area contributed by atoms with Crippen molar-refractivity contribution in [3.8, 4) is 5.75 Å². The fourth-order valence-corrected chi connectivity index (χ4v) is 5.43. The van der Waals surface area contributed by atoms with Crippen LogP contribution in [0, 0.1) is 0 Å². The lowest BCUT2D eigenvalue weighted by atomic mass is 9.72. The summed E-state index contributed by atoms with van der Waals surface area (Å²) in [5, 5.41) is 1.44. The molecule has 3 nitrogen and oxygen atoms in total. The maximum Gasteiger partial charge on any atom is 0.118 e. The van der Waals surface area contributed by atoms with Gasteiger partial charge in [-0.15, -0.1) is 0 Å². The predicted molar refractivity (Wildman–Crippen MR) is 116 cm³/mol. The Morgan fingerprint density at radius 3 is 2.62 bits per heavy atom. The maximum atomic E-state index is 5.34. The molecule has 0 radical (unpaired) electrons. The van der Waals surface area contributed by atoms with Crippen molar-refractivity contribution in [2.75, 3.05) is 7.11 Å². The molecule has 1 aliphatic heterocycles. The number of aromatic nitrogens is 1. The SMILES string of the molecule is COc1ccc(CN2Cc3ccccc3[C@@H]3c4cccc5[nH]cc(c45)C[C@H]32)cc1. The van der Waals surface area contributed by atoms with Crippen LogP contribution in [-0.2, 0) is 19.5 Å². The third-order valence-corrected chi connectivity index (χ3v) is 6.75. The molecule has 0 fully saturated rings. The zero-order valence-corrected chi connectivity index (χ0v) is 16.6. The number of fused-ring (bicyclic) bond motifs is 4. The first-order valence-corrected chi connectivity index (χ1v) is 10.4. The average molecular weight is 380 g/mol. The van der Waals surface area contributed by atoms with E-state index in [9.17, 15) is 0 Å². The molecule has 0 amide bonds. The van der Waals surface area contributed by atoms with Gasteiger partial charge >= 0.3 is 0 Å². The number of benzene rings is 3. The molecular weight excluding hydrogens is 356 g/mol. The zero-order chi connectivity index (χ0) is 19.4. The number of hydrogen-bond donors (Lipinski definition) is 1. The van der Waals surface area contributed by atoms with Crippen molar-refractivity contribution in [2.45, 2.75) is 31.5 Å². The molecule has 6 rings (SSSR count). The summed E-state index contributed by atoms with van der Waals surface area (Å²) >= 11 is 0. The van der Waals surface area contributed by atoms with Crippen molar-refractivity contribution in [3.05, 3.63) is 101 Å². The van der Waals surface area contributed by atoms with Gasteiger partial charge in [0.15, 0.2) is 0 Å². The second-order valence-corrected chi connectivity index (χ2v) is 8.28. The van der Waals surface area contributed by atoms with Crippen molar-refractivity contribution in [2.24, 2.45) is 0 Å². The van der Waals surface area contributed by atoms with E-state index in [1.807, 2.05) is 0 Å². The third kappa shape index (κ3) is 2.61.